The zero-order valence-electron chi connectivity index (χ0n) is 12.5. The zero-order chi connectivity index (χ0) is 15.4. The van der Waals surface area contributed by atoms with Gasteiger partial charge in [-0.05, 0) is 19.4 Å². The number of alkyl halides is 1. The summed E-state index contributed by atoms with van der Waals surface area (Å²) in [6, 6.07) is 3.31. The summed E-state index contributed by atoms with van der Waals surface area (Å²) in [6.45, 7) is 4.36. The van der Waals surface area contributed by atoms with Gasteiger partial charge < -0.3 is 4.57 Å². The van der Waals surface area contributed by atoms with Crippen molar-refractivity contribution in [3.05, 3.63) is 28.8 Å². The summed E-state index contributed by atoms with van der Waals surface area (Å²) in [7, 11) is 0. The molecule has 5 heteroatoms. The molecule has 0 spiro atoms. The van der Waals surface area contributed by atoms with Crippen LogP contribution in [0.4, 0.5) is 4.39 Å². The van der Waals surface area contributed by atoms with Crippen molar-refractivity contribution < 1.29 is 4.39 Å². The van der Waals surface area contributed by atoms with Gasteiger partial charge in [-0.25, -0.2) is 9.37 Å². The fourth-order valence-electron chi connectivity index (χ4n) is 2.72. The van der Waals surface area contributed by atoms with Crippen LogP contribution < -0.4 is 0 Å². The number of nitrogens with zero attached hydrogens (tertiary/aromatic N) is 2. The summed E-state index contributed by atoms with van der Waals surface area (Å²) in [4.78, 5) is 4.43. The number of rotatable bonds is 7. The van der Waals surface area contributed by atoms with Crippen molar-refractivity contribution in [2.75, 3.05) is 0 Å². The third-order valence-corrected chi connectivity index (χ3v) is 4.37. The lowest BCUT2D eigenvalue weighted by Gasteiger charge is -2.17. The van der Waals surface area contributed by atoms with E-state index in [4.69, 9.17) is 23.2 Å². The molecule has 2 rings (SSSR count). The monoisotopic (exact) mass is 330 g/mol. The highest BCUT2D eigenvalue weighted by atomic mass is 35.5. The highest BCUT2D eigenvalue weighted by Gasteiger charge is 2.17. The Bertz CT molecular complexity index is 610. The van der Waals surface area contributed by atoms with Gasteiger partial charge in [0.05, 0.1) is 21.9 Å². The van der Waals surface area contributed by atoms with Crippen molar-refractivity contribution in [1.82, 2.24) is 9.55 Å². The van der Waals surface area contributed by atoms with Gasteiger partial charge in [0.2, 0.25) is 0 Å². The summed E-state index contributed by atoms with van der Waals surface area (Å²) >= 11 is 11.9. The van der Waals surface area contributed by atoms with Crippen LogP contribution in [0.2, 0.25) is 5.02 Å². The fraction of sp³-hybridized carbons (Fsp3) is 0.562. The second kappa shape index (κ2) is 7.46. The van der Waals surface area contributed by atoms with Gasteiger partial charge in [-0.3, -0.25) is 0 Å². The van der Waals surface area contributed by atoms with Crippen molar-refractivity contribution in [2.45, 2.75) is 57.9 Å². The molecule has 2 nitrogen and oxygen atoms in total. The van der Waals surface area contributed by atoms with Crippen LogP contribution in [-0.4, -0.2) is 9.55 Å². The van der Waals surface area contributed by atoms with Crippen LogP contribution in [0.1, 0.15) is 57.8 Å². The van der Waals surface area contributed by atoms with E-state index in [1.807, 2.05) is 0 Å². The van der Waals surface area contributed by atoms with E-state index in [0.717, 1.165) is 17.8 Å². The van der Waals surface area contributed by atoms with Crippen molar-refractivity contribution in [3.63, 3.8) is 0 Å². The Hall–Kier alpha value is -0.800. The Labute approximate surface area is 135 Å². The normalized spacial score (nSPS) is 13.0. The van der Waals surface area contributed by atoms with Crippen LogP contribution in [0.5, 0.6) is 0 Å². The lowest BCUT2D eigenvalue weighted by molar-refractivity contribution is 0.473. The van der Waals surface area contributed by atoms with E-state index in [-0.39, 0.29) is 11.1 Å². The number of benzene rings is 1. The molecular weight excluding hydrogens is 310 g/mol. The molecule has 0 aliphatic rings. The Morgan fingerprint density at radius 1 is 1.29 bits per heavy atom. The first-order valence-electron chi connectivity index (χ1n) is 7.50. The van der Waals surface area contributed by atoms with E-state index in [9.17, 15) is 4.39 Å². The number of fused-ring (bicyclic) bond motifs is 1. The molecule has 0 N–H and O–H groups in total. The van der Waals surface area contributed by atoms with Crippen molar-refractivity contribution in [2.24, 2.45) is 0 Å². The first-order chi connectivity index (χ1) is 10.1. The number of aromatic nitrogens is 2. The van der Waals surface area contributed by atoms with Crippen LogP contribution in [0, 0.1) is 5.82 Å². The highest BCUT2D eigenvalue weighted by molar-refractivity contribution is 6.31. The van der Waals surface area contributed by atoms with E-state index in [2.05, 4.69) is 23.4 Å². The second-order valence-corrected chi connectivity index (χ2v) is 6.16. The molecule has 0 saturated carbocycles. The topological polar surface area (TPSA) is 17.8 Å². The predicted octanol–water partition coefficient (Wildman–Crippen LogP) is 6.10. The third kappa shape index (κ3) is 3.70. The Balaban J connectivity index is 2.30. The van der Waals surface area contributed by atoms with Gasteiger partial charge in [-0.15, -0.1) is 11.6 Å². The molecule has 0 aliphatic carbocycles. The summed E-state index contributed by atoms with van der Waals surface area (Å²) in [6.07, 6.45) is 5.95. The average molecular weight is 331 g/mol. The van der Waals surface area contributed by atoms with Crippen molar-refractivity contribution in [1.29, 1.82) is 0 Å². The maximum atomic E-state index is 13.6. The molecule has 21 heavy (non-hydrogen) atoms. The maximum Gasteiger partial charge on any atom is 0.144 e. The summed E-state index contributed by atoms with van der Waals surface area (Å²) in [5, 5.41) is 0.128. The Morgan fingerprint density at radius 3 is 2.71 bits per heavy atom. The molecule has 0 radical (unpaired) electrons. The lowest BCUT2D eigenvalue weighted by Crippen LogP contribution is -2.08. The van der Waals surface area contributed by atoms with E-state index in [1.54, 1.807) is 6.07 Å². The minimum atomic E-state index is -0.439. The number of hydrogen-bond acceptors (Lipinski definition) is 1. The quantitative estimate of drug-likeness (QED) is 0.443. The largest absolute Gasteiger partial charge is 0.324 e. The third-order valence-electron chi connectivity index (χ3n) is 3.84. The highest BCUT2D eigenvalue weighted by Crippen LogP contribution is 2.29. The maximum absolute atomic E-state index is 13.6. The van der Waals surface area contributed by atoms with Gasteiger partial charge >= 0.3 is 0 Å². The molecular formula is C16H21Cl2FN2. The lowest BCUT2D eigenvalue weighted by atomic mass is 10.1. The Morgan fingerprint density at radius 2 is 2.05 bits per heavy atom. The SMILES string of the molecule is CCCCCCC(C)n1c(CCl)nc2cc(F)c(Cl)cc21. The van der Waals surface area contributed by atoms with Gasteiger partial charge in [0.15, 0.2) is 0 Å². The van der Waals surface area contributed by atoms with Gasteiger partial charge in [-0.2, -0.15) is 0 Å². The van der Waals surface area contributed by atoms with Crippen molar-refractivity contribution in [3.8, 4) is 0 Å². The van der Waals surface area contributed by atoms with Gasteiger partial charge in [-0.1, -0.05) is 44.2 Å². The summed E-state index contributed by atoms with van der Waals surface area (Å²) in [5.74, 6) is 0.648. The molecule has 1 heterocycles. The molecule has 2 aromatic rings. The number of unbranched alkanes of at least 4 members (excludes halogenated alkanes) is 3. The summed E-state index contributed by atoms with van der Waals surface area (Å²) < 4.78 is 15.7. The van der Waals surface area contributed by atoms with Crippen LogP contribution in [0.3, 0.4) is 0 Å². The van der Waals surface area contributed by atoms with Crippen LogP contribution in [0.15, 0.2) is 12.1 Å². The first kappa shape index (κ1) is 16.6. The first-order valence-corrected chi connectivity index (χ1v) is 8.41. The number of halogens is 3. The molecule has 0 aliphatic heterocycles. The van der Waals surface area contributed by atoms with Crippen LogP contribution in [0.25, 0.3) is 11.0 Å². The van der Waals surface area contributed by atoms with Gasteiger partial charge in [0.1, 0.15) is 11.6 Å². The van der Waals surface area contributed by atoms with Gasteiger partial charge in [0, 0.05) is 12.1 Å². The molecule has 1 aromatic carbocycles. The molecule has 0 fully saturated rings. The molecule has 0 saturated heterocycles. The molecule has 1 aromatic heterocycles. The minimum Gasteiger partial charge on any atom is -0.324 e. The zero-order valence-corrected chi connectivity index (χ0v) is 14.0. The average Bonchev–Trinajstić information content (AvgIpc) is 2.81. The van der Waals surface area contributed by atoms with E-state index >= 15 is 0 Å². The van der Waals surface area contributed by atoms with Gasteiger partial charge in [0.25, 0.3) is 0 Å². The molecule has 1 unspecified atom stereocenters. The smallest absolute Gasteiger partial charge is 0.144 e. The molecule has 0 amide bonds. The molecule has 116 valence electrons. The van der Waals surface area contributed by atoms with Crippen LogP contribution >= 0.6 is 23.2 Å². The number of imidazole rings is 1. The van der Waals surface area contributed by atoms with E-state index in [1.165, 1.54) is 31.7 Å². The predicted molar refractivity (Wildman–Crippen MR) is 87.7 cm³/mol. The van der Waals surface area contributed by atoms with E-state index < -0.39 is 5.82 Å². The minimum absolute atomic E-state index is 0.128. The molecule has 1 atom stereocenters. The fourth-order valence-corrected chi connectivity index (χ4v) is 3.07. The standard InChI is InChI=1S/C16H21Cl2FN2/c1-3-4-5-6-7-11(2)21-15-8-12(18)13(19)9-14(15)20-16(21)10-17/h8-9,11H,3-7,10H2,1-2H3. The van der Waals surface area contributed by atoms with Crippen molar-refractivity contribution >= 4 is 34.2 Å². The van der Waals surface area contributed by atoms with E-state index in [0.29, 0.717) is 11.4 Å². The second-order valence-electron chi connectivity index (χ2n) is 5.49. The molecule has 0 bridgehead atoms. The summed E-state index contributed by atoms with van der Waals surface area (Å²) in [5.41, 5.74) is 1.48. The number of hydrogen-bond donors (Lipinski definition) is 0. The van der Waals surface area contributed by atoms with Crippen LogP contribution in [-0.2, 0) is 5.88 Å². The Kier molecular flexibility index (Phi) is 5.88.